The van der Waals surface area contributed by atoms with E-state index in [9.17, 15) is 4.79 Å². The van der Waals surface area contributed by atoms with Crippen molar-refractivity contribution < 1.29 is 9.21 Å². The van der Waals surface area contributed by atoms with Gasteiger partial charge < -0.3 is 15.5 Å². The number of oxazole rings is 1. The van der Waals surface area contributed by atoms with Crippen LogP contribution in [0.2, 0.25) is 0 Å². The molecule has 114 valence electrons. The van der Waals surface area contributed by atoms with E-state index in [0.29, 0.717) is 18.0 Å². The average molecular weight is 310 g/mol. The summed E-state index contributed by atoms with van der Waals surface area (Å²) in [7, 11) is 0. The molecule has 5 nitrogen and oxygen atoms in total. The van der Waals surface area contributed by atoms with Crippen LogP contribution in [0.5, 0.6) is 0 Å². The predicted octanol–water partition coefficient (Wildman–Crippen LogP) is 3.06. The number of hydrogen-bond donors (Lipinski definition) is 2. The van der Waals surface area contributed by atoms with Crippen molar-refractivity contribution in [3.05, 3.63) is 35.7 Å². The van der Waals surface area contributed by atoms with Crippen LogP contribution in [-0.2, 0) is 4.79 Å². The lowest BCUT2D eigenvalue weighted by Gasteiger charge is -2.09. The standard InChI is InChI=1S/C15H19N3O2.ClH/c1-9-4-5-12(18-14(19)6-10(2)16)7-13(9)15-17-11(3)8-20-15;/h4-5,7-8,10H,6,16H2,1-3H3,(H,18,19);1H. The molecule has 0 aliphatic heterocycles. The number of nitrogens with two attached hydrogens (primary N) is 1. The van der Waals surface area contributed by atoms with Gasteiger partial charge in [-0.05, 0) is 38.5 Å². The van der Waals surface area contributed by atoms with Gasteiger partial charge in [0, 0.05) is 23.7 Å². The van der Waals surface area contributed by atoms with E-state index in [4.69, 9.17) is 10.2 Å². The molecule has 0 bridgehead atoms. The highest BCUT2D eigenvalue weighted by Gasteiger charge is 2.11. The fraction of sp³-hybridized carbons (Fsp3) is 0.333. The monoisotopic (exact) mass is 309 g/mol. The highest BCUT2D eigenvalue weighted by Crippen LogP contribution is 2.26. The highest BCUT2D eigenvalue weighted by atomic mass is 35.5. The quantitative estimate of drug-likeness (QED) is 0.909. The van der Waals surface area contributed by atoms with Crippen molar-refractivity contribution in [2.24, 2.45) is 5.73 Å². The van der Waals surface area contributed by atoms with Crippen LogP contribution >= 0.6 is 12.4 Å². The van der Waals surface area contributed by atoms with Crippen LogP contribution in [0, 0.1) is 13.8 Å². The second-order valence-corrected chi connectivity index (χ2v) is 5.05. The summed E-state index contributed by atoms with van der Waals surface area (Å²) in [5.41, 5.74) is 9.06. The number of carbonyl (C=O) groups excluding carboxylic acids is 1. The van der Waals surface area contributed by atoms with Crippen molar-refractivity contribution in [2.45, 2.75) is 33.2 Å². The van der Waals surface area contributed by atoms with E-state index in [-0.39, 0.29) is 24.4 Å². The molecule has 2 aromatic rings. The molecule has 2 rings (SSSR count). The number of rotatable bonds is 4. The molecule has 1 aromatic heterocycles. The van der Waals surface area contributed by atoms with E-state index in [1.165, 1.54) is 0 Å². The molecule has 0 saturated heterocycles. The van der Waals surface area contributed by atoms with Gasteiger partial charge in [-0.3, -0.25) is 4.79 Å². The zero-order valence-electron chi connectivity index (χ0n) is 12.3. The Kier molecular flexibility index (Phi) is 5.93. The molecule has 1 amide bonds. The third-order valence-corrected chi connectivity index (χ3v) is 2.88. The summed E-state index contributed by atoms with van der Waals surface area (Å²) < 4.78 is 5.41. The van der Waals surface area contributed by atoms with E-state index >= 15 is 0 Å². The smallest absolute Gasteiger partial charge is 0.226 e. The zero-order valence-corrected chi connectivity index (χ0v) is 13.2. The van der Waals surface area contributed by atoms with Gasteiger partial charge in [0.15, 0.2) is 0 Å². The summed E-state index contributed by atoms with van der Waals surface area (Å²) in [4.78, 5) is 16.0. The number of benzene rings is 1. The van der Waals surface area contributed by atoms with Gasteiger partial charge in [-0.2, -0.15) is 0 Å². The zero-order chi connectivity index (χ0) is 14.7. The maximum Gasteiger partial charge on any atom is 0.226 e. The number of carbonyl (C=O) groups is 1. The van der Waals surface area contributed by atoms with Crippen molar-refractivity contribution in [3.8, 4) is 11.5 Å². The van der Waals surface area contributed by atoms with Gasteiger partial charge in [-0.25, -0.2) is 4.98 Å². The van der Waals surface area contributed by atoms with E-state index in [2.05, 4.69) is 10.3 Å². The average Bonchev–Trinajstić information content (AvgIpc) is 2.77. The van der Waals surface area contributed by atoms with Crippen LogP contribution in [0.25, 0.3) is 11.5 Å². The number of nitrogens with one attached hydrogen (secondary N) is 1. The first-order valence-electron chi connectivity index (χ1n) is 6.54. The first-order valence-corrected chi connectivity index (χ1v) is 6.54. The second kappa shape index (κ2) is 7.24. The normalized spacial score (nSPS) is 11.6. The Hall–Kier alpha value is -1.85. The number of amides is 1. The van der Waals surface area contributed by atoms with Gasteiger partial charge in [-0.1, -0.05) is 6.07 Å². The van der Waals surface area contributed by atoms with Crippen LogP contribution in [-0.4, -0.2) is 16.9 Å². The molecule has 6 heteroatoms. The second-order valence-electron chi connectivity index (χ2n) is 5.05. The van der Waals surface area contributed by atoms with Crippen LogP contribution in [0.1, 0.15) is 24.6 Å². The van der Waals surface area contributed by atoms with Crippen molar-refractivity contribution in [2.75, 3.05) is 5.32 Å². The van der Waals surface area contributed by atoms with Crippen LogP contribution in [0.15, 0.2) is 28.9 Å². The molecular formula is C15H20ClN3O2. The van der Waals surface area contributed by atoms with Crippen LogP contribution in [0.3, 0.4) is 0 Å². The first-order chi connectivity index (χ1) is 9.45. The number of halogens is 1. The van der Waals surface area contributed by atoms with Gasteiger partial charge in [0.25, 0.3) is 0 Å². The Morgan fingerprint density at radius 2 is 2.14 bits per heavy atom. The number of anilines is 1. The minimum atomic E-state index is -0.158. The number of aryl methyl sites for hydroxylation is 2. The minimum absolute atomic E-state index is 0. The van der Waals surface area contributed by atoms with Gasteiger partial charge in [-0.15, -0.1) is 12.4 Å². The Bertz CT molecular complexity index is 623. The topological polar surface area (TPSA) is 81.2 Å². The maximum atomic E-state index is 11.7. The summed E-state index contributed by atoms with van der Waals surface area (Å²) in [5, 5.41) is 2.83. The maximum absolute atomic E-state index is 11.7. The lowest BCUT2D eigenvalue weighted by molar-refractivity contribution is -0.116. The van der Waals surface area contributed by atoms with E-state index in [1.54, 1.807) is 13.2 Å². The van der Waals surface area contributed by atoms with Crippen molar-refractivity contribution >= 4 is 24.0 Å². The Balaban J connectivity index is 0.00000220. The largest absolute Gasteiger partial charge is 0.444 e. The molecule has 1 heterocycles. The molecule has 1 aromatic carbocycles. The van der Waals surface area contributed by atoms with Crippen molar-refractivity contribution in [1.29, 1.82) is 0 Å². The SMILES string of the molecule is Cc1coc(-c2cc(NC(=O)CC(C)N)ccc2C)n1.Cl. The first kappa shape index (κ1) is 17.2. The van der Waals surface area contributed by atoms with E-state index in [0.717, 1.165) is 16.8 Å². The molecule has 0 radical (unpaired) electrons. The predicted molar refractivity (Wildman–Crippen MR) is 85.6 cm³/mol. The lowest BCUT2D eigenvalue weighted by Crippen LogP contribution is -2.23. The van der Waals surface area contributed by atoms with Crippen LogP contribution < -0.4 is 11.1 Å². The summed E-state index contributed by atoms with van der Waals surface area (Å²) in [5.74, 6) is 0.460. The molecule has 1 unspecified atom stereocenters. The molecular weight excluding hydrogens is 290 g/mol. The molecule has 0 aliphatic rings. The molecule has 0 saturated carbocycles. The number of hydrogen-bond acceptors (Lipinski definition) is 4. The Morgan fingerprint density at radius 1 is 1.43 bits per heavy atom. The molecule has 1 atom stereocenters. The van der Waals surface area contributed by atoms with Gasteiger partial charge >= 0.3 is 0 Å². The number of aromatic nitrogens is 1. The minimum Gasteiger partial charge on any atom is -0.444 e. The van der Waals surface area contributed by atoms with Gasteiger partial charge in [0.2, 0.25) is 11.8 Å². The molecule has 3 N–H and O–H groups in total. The van der Waals surface area contributed by atoms with Crippen molar-refractivity contribution in [3.63, 3.8) is 0 Å². The summed E-state index contributed by atoms with van der Waals surface area (Å²) >= 11 is 0. The number of nitrogens with zero attached hydrogens (tertiary/aromatic N) is 1. The summed E-state index contributed by atoms with van der Waals surface area (Å²) in [6.07, 6.45) is 1.90. The molecule has 0 aliphatic carbocycles. The highest BCUT2D eigenvalue weighted by molar-refractivity contribution is 5.91. The lowest BCUT2D eigenvalue weighted by atomic mass is 10.1. The van der Waals surface area contributed by atoms with Gasteiger partial charge in [0.1, 0.15) is 6.26 Å². The fourth-order valence-electron chi connectivity index (χ4n) is 1.91. The Labute approximate surface area is 130 Å². The molecule has 0 fully saturated rings. The molecule has 21 heavy (non-hydrogen) atoms. The van der Waals surface area contributed by atoms with Gasteiger partial charge in [0.05, 0.1) is 5.69 Å². The molecule has 0 spiro atoms. The third-order valence-electron chi connectivity index (χ3n) is 2.88. The van der Waals surface area contributed by atoms with E-state index in [1.807, 2.05) is 32.0 Å². The Morgan fingerprint density at radius 3 is 2.71 bits per heavy atom. The van der Waals surface area contributed by atoms with Crippen LogP contribution in [0.4, 0.5) is 5.69 Å². The summed E-state index contributed by atoms with van der Waals surface area (Å²) in [6, 6.07) is 5.48. The van der Waals surface area contributed by atoms with Crippen molar-refractivity contribution in [1.82, 2.24) is 4.98 Å². The van der Waals surface area contributed by atoms with E-state index < -0.39 is 0 Å². The summed E-state index contributed by atoms with van der Waals surface area (Å²) in [6.45, 7) is 5.65. The fourth-order valence-corrected chi connectivity index (χ4v) is 1.91. The third kappa shape index (κ3) is 4.58.